The molecule has 0 aliphatic rings. The number of hydrogen-bond acceptors (Lipinski definition) is 3. The molecule has 2 amide bonds. The third-order valence-corrected chi connectivity index (χ3v) is 3.04. The van der Waals surface area contributed by atoms with E-state index in [9.17, 15) is 9.59 Å². The molecule has 0 aliphatic carbocycles. The third kappa shape index (κ3) is 5.65. The molecule has 0 atom stereocenters. The number of nitrogens with zero attached hydrogens (tertiary/aromatic N) is 1. The molecule has 0 radical (unpaired) electrons. The molecule has 0 heterocycles. The van der Waals surface area contributed by atoms with E-state index < -0.39 is 5.91 Å². The van der Waals surface area contributed by atoms with Gasteiger partial charge in [-0.2, -0.15) is 5.10 Å². The van der Waals surface area contributed by atoms with Crippen LogP contribution in [0.3, 0.4) is 0 Å². The highest BCUT2D eigenvalue weighted by molar-refractivity contribution is 9.10. The average Bonchev–Trinajstić information content (AvgIpc) is 2.38. The van der Waals surface area contributed by atoms with Gasteiger partial charge in [0, 0.05) is 10.2 Å². The van der Waals surface area contributed by atoms with Gasteiger partial charge in [-0.25, -0.2) is 5.43 Å². The molecule has 0 aromatic heterocycles. The number of carbonyl (C=O) groups excluding carboxylic acids is 2. The minimum Gasteiger partial charge on any atom is -0.325 e. The van der Waals surface area contributed by atoms with E-state index >= 15 is 0 Å². The molecule has 0 unspecified atom stereocenters. The predicted molar refractivity (Wildman–Crippen MR) is 78.9 cm³/mol. The van der Waals surface area contributed by atoms with Gasteiger partial charge in [-0.05, 0) is 41.4 Å². The summed E-state index contributed by atoms with van der Waals surface area (Å²) in [6.45, 7) is 3.74. The van der Waals surface area contributed by atoms with Gasteiger partial charge in [0.15, 0.2) is 0 Å². The Labute approximate surface area is 120 Å². The van der Waals surface area contributed by atoms with Gasteiger partial charge < -0.3 is 5.32 Å². The first-order valence-corrected chi connectivity index (χ1v) is 6.68. The van der Waals surface area contributed by atoms with Crippen LogP contribution in [0.25, 0.3) is 0 Å². The second-order valence-electron chi connectivity index (χ2n) is 3.94. The van der Waals surface area contributed by atoms with Gasteiger partial charge in [-0.1, -0.05) is 19.1 Å². The van der Waals surface area contributed by atoms with Gasteiger partial charge in [0.05, 0.1) is 5.69 Å². The van der Waals surface area contributed by atoms with Crippen LogP contribution in [0.5, 0.6) is 0 Å². The first-order valence-electron chi connectivity index (χ1n) is 5.89. The van der Waals surface area contributed by atoms with Crippen LogP contribution in [-0.4, -0.2) is 17.5 Å². The normalized spacial score (nSPS) is 11.0. The van der Waals surface area contributed by atoms with Gasteiger partial charge in [0.2, 0.25) is 11.8 Å². The number of rotatable bonds is 5. The molecule has 0 saturated heterocycles. The summed E-state index contributed by atoms with van der Waals surface area (Å²) in [5, 5.41) is 6.50. The lowest BCUT2D eigenvalue weighted by molar-refractivity contribution is -0.126. The summed E-state index contributed by atoms with van der Waals surface area (Å²) in [5.74, 6) is -0.814. The van der Waals surface area contributed by atoms with E-state index in [2.05, 4.69) is 31.8 Å². The van der Waals surface area contributed by atoms with Crippen LogP contribution >= 0.6 is 15.9 Å². The van der Waals surface area contributed by atoms with Crippen molar-refractivity contribution in [2.45, 2.75) is 26.7 Å². The Morgan fingerprint density at radius 2 is 1.95 bits per heavy atom. The quantitative estimate of drug-likeness (QED) is 0.496. The molecule has 1 aromatic rings. The number of para-hydroxylation sites is 1. The Kier molecular flexibility index (Phi) is 6.21. The van der Waals surface area contributed by atoms with Crippen LogP contribution in [0.1, 0.15) is 26.7 Å². The smallest absolute Gasteiger partial charge is 0.249 e. The molecular formula is C13H16BrN3O2. The first-order chi connectivity index (χ1) is 9.02. The van der Waals surface area contributed by atoms with Crippen molar-refractivity contribution >= 4 is 39.1 Å². The monoisotopic (exact) mass is 325 g/mol. The maximum absolute atomic E-state index is 11.6. The van der Waals surface area contributed by atoms with Crippen LogP contribution in [0.15, 0.2) is 33.8 Å². The van der Waals surface area contributed by atoms with Crippen molar-refractivity contribution in [3.63, 3.8) is 0 Å². The fourth-order valence-corrected chi connectivity index (χ4v) is 1.56. The summed E-state index contributed by atoms with van der Waals surface area (Å²) in [6.07, 6.45) is 0.491. The molecule has 1 rings (SSSR count). The van der Waals surface area contributed by atoms with E-state index in [-0.39, 0.29) is 12.3 Å². The van der Waals surface area contributed by atoms with Crippen LogP contribution in [0.2, 0.25) is 0 Å². The Hall–Kier alpha value is -1.69. The Balaban J connectivity index is 2.48. The van der Waals surface area contributed by atoms with Gasteiger partial charge in [0.1, 0.15) is 6.42 Å². The molecule has 0 saturated carbocycles. The number of anilines is 1. The lowest BCUT2D eigenvalue weighted by Gasteiger charge is -2.06. The average molecular weight is 326 g/mol. The molecule has 19 heavy (non-hydrogen) atoms. The highest BCUT2D eigenvalue weighted by atomic mass is 79.9. The number of halogens is 1. The molecule has 6 heteroatoms. The van der Waals surface area contributed by atoms with E-state index in [1.165, 1.54) is 0 Å². The number of benzene rings is 1. The van der Waals surface area contributed by atoms with Gasteiger partial charge >= 0.3 is 0 Å². The molecule has 102 valence electrons. The second kappa shape index (κ2) is 7.68. The van der Waals surface area contributed by atoms with Gasteiger partial charge in [-0.3, -0.25) is 9.59 Å². The van der Waals surface area contributed by atoms with Crippen molar-refractivity contribution < 1.29 is 9.59 Å². The van der Waals surface area contributed by atoms with E-state index in [0.29, 0.717) is 5.69 Å². The number of hydrazone groups is 1. The van der Waals surface area contributed by atoms with Crippen molar-refractivity contribution in [3.05, 3.63) is 28.7 Å². The molecule has 1 aromatic carbocycles. The number of nitrogens with one attached hydrogen (secondary N) is 2. The summed E-state index contributed by atoms with van der Waals surface area (Å²) in [6, 6.07) is 7.20. The van der Waals surface area contributed by atoms with Crippen molar-refractivity contribution in [2.24, 2.45) is 5.10 Å². The number of amides is 2. The lowest BCUT2D eigenvalue weighted by atomic mass is 10.3. The molecule has 2 N–H and O–H groups in total. The van der Waals surface area contributed by atoms with Crippen molar-refractivity contribution in [1.82, 2.24) is 5.43 Å². The predicted octanol–water partition coefficient (Wildman–Crippen LogP) is 2.68. The zero-order valence-corrected chi connectivity index (χ0v) is 12.5. The summed E-state index contributed by atoms with van der Waals surface area (Å²) in [4.78, 5) is 23.1. The zero-order valence-electron chi connectivity index (χ0n) is 10.9. The minimum absolute atomic E-state index is 0.262. The van der Waals surface area contributed by atoms with Crippen molar-refractivity contribution in [2.75, 3.05) is 5.32 Å². The number of carbonyl (C=O) groups is 2. The Morgan fingerprint density at radius 3 is 2.58 bits per heavy atom. The summed E-state index contributed by atoms with van der Waals surface area (Å²) < 4.78 is 0.767. The topological polar surface area (TPSA) is 70.6 Å². The summed E-state index contributed by atoms with van der Waals surface area (Å²) >= 11 is 3.31. The summed E-state index contributed by atoms with van der Waals surface area (Å²) in [5.41, 5.74) is 3.78. The Bertz CT molecular complexity index is 500. The fraction of sp³-hybridized carbons (Fsp3) is 0.308. The molecular weight excluding hydrogens is 310 g/mol. The maximum Gasteiger partial charge on any atom is 0.249 e. The summed E-state index contributed by atoms with van der Waals surface area (Å²) in [7, 11) is 0. The lowest BCUT2D eigenvalue weighted by Crippen LogP contribution is -2.25. The molecule has 0 aliphatic heterocycles. The standard InChI is InChI=1S/C13H16BrN3O2/c1-3-9(2)16-17-13(19)8-12(18)15-11-7-5-4-6-10(11)14/h4-7H,3,8H2,1-2H3,(H,15,18)(H,17,19)/b16-9-. The van der Waals surface area contributed by atoms with Gasteiger partial charge in [-0.15, -0.1) is 0 Å². The maximum atomic E-state index is 11.6. The molecule has 0 spiro atoms. The van der Waals surface area contributed by atoms with Crippen molar-refractivity contribution in [1.29, 1.82) is 0 Å². The SMILES string of the molecule is CC/C(C)=N\NC(=O)CC(=O)Nc1ccccc1Br. The second-order valence-corrected chi connectivity index (χ2v) is 4.79. The third-order valence-electron chi connectivity index (χ3n) is 2.35. The molecule has 0 fully saturated rings. The number of hydrogen-bond donors (Lipinski definition) is 2. The Morgan fingerprint density at radius 1 is 1.26 bits per heavy atom. The first kappa shape index (κ1) is 15.4. The van der Waals surface area contributed by atoms with Gasteiger partial charge in [0.25, 0.3) is 0 Å². The minimum atomic E-state index is -0.433. The zero-order chi connectivity index (χ0) is 14.3. The molecule has 0 bridgehead atoms. The van der Waals surface area contributed by atoms with Crippen LogP contribution < -0.4 is 10.7 Å². The largest absolute Gasteiger partial charge is 0.325 e. The van der Waals surface area contributed by atoms with Crippen LogP contribution in [0, 0.1) is 0 Å². The van der Waals surface area contributed by atoms with E-state index in [1.54, 1.807) is 19.1 Å². The van der Waals surface area contributed by atoms with E-state index in [4.69, 9.17) is 0 Å². The highest BCUT2D eigenvalue weighted by Gasteiger charge is 2.10. The van der Waals surface area contributed by atoms with E-state index in [1.807, 2.05) is 19.1 Å². The molecule has 5 nitrogen and oxygen atoms in total. The van der Waals surface area contributed by atoms with Crippen LogP contribution in [0.4, 0.5) is 5.69 Å². The van der Waals surface area contributed by atoms with Crippen molar-refractivity contribution in [3.8, 4) is 0 Å². The highest BCUT2D eigenvalue weighted by Crippen LogP contribution is 2.21. The van der Waals surface area contributed by atoms with Crippen LogP contribution in [-0.2, 0) is 9.59 Å². The van der Waals surface area contributed by atoms with E-state index in [0.717, 1.165) is 16.6 Å². The fourth-order valence-electron chi connectivity index (χ4n) is 1.18.